The van der Waals surface area contributed by atoms with Crippen molar-refractivity contribution in [1.82, 2.24) is 0 Å². The first-order valence-electron chi connectivity index (χ1n) is 7.83. The van der Waals surface area contributed by atoms with E-state index in [1.54, 1.807) is 36.4 Å². The zero-order valence-corrected chi connectivity index (χ0v) is 13.9. The molecule has 2 unspecified atom stereocenters. The van der Waals surface area contributed by atoms with Crippen LogP contribution in [0.25, 0.3) is 0 Å². The van der Waals surface area contributed by atoms with Gasteiger partial charge in [-0.3, -0.25) is 9.59 Å². The van der Waals surface area contributed by atoms with Crippen molar-refractivity contribution in [2.24, 2.45) is 0 Å². The van der Waals surface area contributed by atoms with Gasteiger partial charge >= 0.3 is 11.9 Å². The van der Waals surface area contributed by atoms with Crippen LogP contribution in [0.15, 0.2) is 42.5 Å². The first-order valence-corrected chi connectivity index (χ1v) is 7.83. The highest BCUT2D eigenvalue weighted by Gasteiger charge is 2.33. The largest absolute Gasteiger partial charge is 0.453 e. The van der Waals surface area contributed by atoms with Gasteiger partial charge in [-0.25, -0.2) is 0 Å². The van der Waals surface area contributed by atoms with E-state index in [0.29, 0.717) is 28.0 Å². The van der Waals surface area contributed by atoms with Crippen molar-refractivity contribution in [3.05, 3.63) is 64.7 Å². The Bertz CT molecular complexity index is 813. The van der Waals surface area contributed by atoms with E-state index in [1.165, 1.54) is 13.8 Å². The topological polar surface area (TPSA) is 82.1 Å². The van der Waals surface area contributed by atoms with Crippen LogP contribution >= 0.6 is 0 Å². The fraction of sp³-hybridized carbons (Fsp3) is 0.263. The second-order valence-corrected chi connectivity index (χ2v) is 5.71. The van der Waals surface area contributed by atoms with Crippen LogP contribution in [0.5, 0.6) is 5.75 Å². The number of rotatable bonds is 3. The molecule has 0 spiro atoms. The first-order chi connectivity index (χ1) is 12.0. The molecule has 1 heterocycles. The van der Waals surface area contributed by atoms with E-state index >= 15 is 0 Å². The Morgan fingerprint density at radius 1 is 1.00 bits per heavy atom. The van der Waals surface area contributed by atoms with Crippen molar-refractivity contribution in [1.29, 1.82) is 0 Å². The lowest BCUT2D eigenvalue weighted by molar-refractivity contribution is -0.162. The van der Waals surface area contributed by atoms with Crippen molar-refractivity contribution < 1.29 is 28.9 Å². The number of aliphatic hydroxyl groups excluding tert-OH is 1. The molecule has 0 aromatic heterocycles. The van der Waals surface area contributed by atoms with Gasteiger partial charge < -0.3 is 19.3 Å². The number of benzene rings is 2. The highest BCUT2D eigenvalue weighted by atomic mass is 16.7. The Labute approximate surface area is 144 Å². The average molecular weight is 342 g/mol. The normalized spacial score (nSPS) is 18.2. The molecule has 25 heavy (non-hydrogen) atoms. The molecule has 0 amide bonds. The summed E-state index contributed by atoms with van der Waals surface area (Å²) in [5.74, 6) is -0.547. The van der Waals surface area contributed by atoms with Crippen LogP contribution in [-0.2, 0) is 25.7 Å². The molecule has 0 radical (unpaired) electrons. The smallest absolute Gasteiger partial charge is 0.305 e. The summed E-state index contributed by atoms with van der Waals surface area (Å²) < 4.78 is 16.7. The molecule has 0 saturated carbocycles. The van der Waals surface area contributed by atoms with Gasteiger partial charge in [-0.15, -0.1) is 0 Å². The maximum absolute atomic E-state index is 11.6. The SMILES string of the molecule is CC(=O)OC1Oc2cc(CO)ccc2C(OC(C)=O)c2ccccc21. The number of ether oxygens (including phenoxy) is 3. The highest BCUT2D eigenvalue weighted by molar-refractivity contribution is 5.68. The van der Waals surface area contributed by atoms with Crippen LogP contribution in [-0.4, -0.2) is 17.0 Å². The summed E-state index contributed by atoms with van der Waals surface area (Å²) >= 11 is 0. The summed E-state index contributed by atoms with van der Waals surface area (Å²) in [5.41, 5.74) is 2.53. The van der Waals surface area contributed by atoms with Gasteiger partial charge in [-0.05, 0) is 11.6 Å². The van der Waals surface area contributed by atoms with E-state index in [9.17, 15) is 14.7 Å². The monoisotopic (exact) mass is 342 g/mol. The molecule has 2 atom stereocenters. The predicted molar refractivity (Wildman–Crippen MR) is 87.6 cm³/mol. The van der Waals surface area contributed by atoms with Crippen LogP contribution in [0, 0.1) is 0 Å². The molecule has 2 aromatic rings. The number of hydrogen-bond acceptors (Lipinski definition) is 6. The van der Waals surface area contributed by atoms with Gasteiger partial charge in [0.25, 0.3) is 6.29 Å². The minimum absolute atomic E-state index is 0.167. The molecule has 6 heteroatoms. The lowest BCUT2D eigenvalue weighted by atomic mass is 9.96. The van der Waals surface area contributed by atoms with E-state index in [2.05, 4.69) is 0 Å². The summed E-state index contributed by atoms with van der Waals surface area (Å²) in [6.07, 6.45) is -1.67. The second-order valence-electron chi connectivity index (χ2n) is 5.71. The third-order valence-electron chi connectivity index (χ3n) is 3.87. The van der Waals surface area contributed by atoms with E-state index in [4.69, 9.17) is 14.2 Å². The van der Waals surface area contributed by atoms with Gasteiger partial charge in [0.1, 0.15) is 5.75 Å². The third-order valence-corrected chi connectivity index (χ3v) is 3.87. The standard InChI is InChI=1S/C19H18O6/c1-11(21)23-18-14-5-3-4-6-15(14)19(24-12(2)22)25-17-9-13(10-20)7-8-16(17)18/h3-9,18-20H,10H2,1-2H3. The zero-order valence-electron chi connectivity index (χ0n) is 13.9. The third kappa shape index (κ3) is 3.49. The number of aliphatic hydroxyl groups is 1. The van der Waals surface area contributed by atoms with Crippen molar-refractivity contribution in [2.45, 2.75) is 32.8 Å². The van der Waals surface area contributed by atoms with Crippen molar-refractivity contribution >= 4 is 11.9 Å². The number of esters is 2. The van der Waals surface area contributed by atoms with Gasteiger partial charge in [-0.2, -0.15) is 0 Å². The van der Waals surface area contributed by atoms with E-state index in [1.807, 2.05) is 6.07 Å². The maximum Gasteiger partial charge on any atom is 0.305 e. The zero-order chi connectivity index (χ0) is 18.0. The van der Waals surface area contributed by atoms with Crippen LogP contribution in [0.1, 0.15) is 48.5 Å². The van der Waals surface area contributed by atoms with Gasteiger partial charge in [0.05, 0.1) is 6.61 Å². The Morgan fingerprint density at radius 3 is 2.32 bits per heavy atom. The molecule has 130 valence electrons. The fourth-order valence-corrected chi connectivity index (χ4v) is 2.84. The first kappa shape index (κ1) is 17.0. The Kier molecular flexibility index (Phi) is 4.72. The molecule has 0 saturated heterocycles. The predicted octanol–water partition coefficient (Wildman–Crippen LogP) is 2.79. The van der Waals surface area contributed by atoms with E-state index < -0.39 is 24.3 Å². The summed E-state index contributed by atoms with van der Waals surface area (Å²) in [7, 11) is 0. The number of hydrogen-bond donors (Lipinski definition) is 1. The number of carbonyl (C=O) groups is 2. The van der Waals surface area contributed by atoms with Gasteiger partial charge in [0, 0.05) is 30.5 Å². The fourth-order valence-electron chi connectivity index (χ4n) is 2.84. The maximum atomic E-state index is 11.6. The van der Waals surface area contributed by atoms with E-state index in [-0.39, 0.29) is 6.61 Å². The van der Waals surface area contributed by atoms with Crippen molar-refractivity contribution in [3.63, 3.8) is 0 Å². The Balaban J connectivity index is 2.19. The molecule has 1 aliphatic heterocycles. The van der Waals surface area contributed by atoms with Crippen LogP contribution in [0.2, 0.25) is 0 Å². The van der Waals surface area contributed by atoms with Gasteiger partial charge in [-0.1, -0.05) is 36.4 Å². The minimum atomic E-state index is -0.970. The summed E-state index contributed by atoms with van der Waals surface area (Å²) in [5, 5.41) is 9.38. The summed E-state index contributed by atoms with van der Waals surface area (Å²) in [6.45, 7) is 2.46. The van der Waals surface area contributed by atoms with E-state index in [0.717, 1.165) is 0 Å². The Hall–Kier alpha value is -2.86. The summed E-state index contributed by atoms with van der Waals surface area (Å²) in [6, 6.07) is 12.3. The Morgan fingerprint density at radius 2 is 1.68 bits per heavy atom. The molecule has 1 N–H and O–H groups in total. The molecule has 0 aliphatic carbocycles. The molecule has 2 aromatic carbocycles. The second kappa shape index (κ2) is 6.94. The number of fused-ring (bicyclic) bond motifs is 2. The molecule has 3 rings (SSSR count). The molecule has 1 aliphatic rings. The van der Waals surface area contributed by atoms with Gasteiger partial charge in [0.15, 0.2) is 6.10 Å². The van der Waals surface area contributed by atoms with Crippen molar-refractivity contribution in [3.8, 4) is 5.75 Å². The molecule has 0 fully saturated rings. The van der Waals surface area contributed by atoms with Crippen LogP contribution in [0.3, 0.4) is 0 Å². The van der Waals surface area contributed by atoms with Crippen molar-refractivity contribution in [2.75, 3.05) is 0 Å². The molecule has 6 nitrogen and oxygen atoms in total. The van der Waals surface area contributed by atoms with Crippen LogP contribution < -0.4 is 4.74 Å². The number of carbonyl (C=O) groups excluding carboxylic acids is 2. The highest BCUT2D eigenvalue weighted by Crippen LogP contribution is 2.42. The lowest BCUT2D eigenvalue weighted by Crippen LogP contribution is -2.16. The van der Waals surface area contributed by atoms with Gasteiger partial charge in [0.2, 0.25) is 0 Å². The minimum Gasteiger partial charge on any atom is -0.453 e. The summed E-state index contributed by atoms with van der Waals surface area (Å²) in [4.78, 5) is 23.1. The molecule has 0 bridgehead atoms. The average Bonchev–Trinajstić information content (AvgIpc) is 2.69. The molecular weight excluding hydrogens is 324 g/mol. The quantitative estimate of drug-likeness (QED) is 0.864. The van der Waals surface area contributed by atoms with Crippen LogP contribution in [0.4, 0.5) is 0 Å². The lowest BCUT2D eigenvalue weighted by Gasteiger charge is -2.19. The molecular formula is C19H18O6.